The first-order valence-electron chi connectivity index (χ1n) is 7.76. The minimum atomic E-state index is -0.228. The van der Waals surface area contributed by atoms with Crippen LogP contribution in [0, 0.1) is 13.8 Å². The number of benzene rings is 1. The predicted octanol–water partition coefficient (Wildman–Crippen LogP) is 1.98. The van der Waals surface area contributed by atoms with Gasteiger partial charge in [0.25, 0.3) is 0 Å². The molecular weight excluding hydrogens is 308 g/mol. The number of nitrogens with one attached hydrogen (secondary N) is 1. The molecule has 0 bridgehead atoms. The van der Waals surface area contributed by atoms with Crippen molar-refractivity contribution in [3.8, 4) is 0 Å². The average molecular weight is 328 g/mol. The molecule has 0 atom stereocenters. The predicted molar refractivity (Wildman–Crippen MR) is 88.5 cm³/mol. The van der Waals surface area contributed by atoms with Crippen molar-refractivity contribution in [3.63, 3.8) is 0 Å². The van der Waals surface area contributed by atoms with Gasteiger partial charge in [0.05, 0.1) is 11.4 Å². The van der Waals surface area contributed by atoms with E-state index in [9.17, 15) is 9.59 Å². The zero-order chi connectivity index (χ0) is 17.3. The van der Waals surface area contributed by atoms with Crippen molar-refractivity contribution < 1.29 is 14.1 Å². The molecule has 0 spiro atoms. The summed E-state index contributed by atoms with van der Waals surface area (Å²) in [5.41, 5.74) is 3.43. The van der Waals surface area contributed by atoms with Gasteiger partial charge in [0.2, 0.25) is 5.91 Å². The monoisotopic (exact) mass is 328 g/mol. The van der Waals surface area contributed by atoms with E-state index in [1.165, 1.54) is 4.90 Å². The molecule has 0 saturated carbocycles. The van der Waals surface area contributed by atoms with Crippen LogP contribution in [0.1, 0.15) is 22.6 Å². The third-order valence-electron chi connectivity index (χ3n) is 4.19. The van der Waals surface area contributed by atoms with E-state index in [-0.39, 0.29) is 18.5 Å². The number of carbonyl (C=O) groups excluding carboxylic acids is 2. The summed E-state index contributed by atoms with van der Waals surface area (Å²) in [4.78, 5) is 27.8. The smallest absolute Gasteiger partial charge is 0.325 e. The van der Waals surface area contributed by atoms with Crippen LogP contribution >= 0.6 is 0 Å². The lowest BCUT2D eigenvalue weighted by molar-refractivity contribution is -0.119. The molecule has 0 saturated heterocycles. The highest BCUT2D eigenvalue weighted by Gasteiger charge is 2.29. The number of amides is 3. The molecule has 126 valence electrons. The summed E-state index contributed by atoms with van der Waals surface area (Å²) >= 11 is 0. The van der Waals surface area contributed by atoms with E-state index >= 15 is 0 Å². The van der Waals surface area contributed by atoms with Gasteiger partial charge in [-0.1, -0.05) is 23.4 Å². The fraction of sp³-hybridized carbons (Fsp3) is 0.353. The summed E-state index contributed by atoms with van der Waals surface area (Å²) in [6.45, 7) is 4.49. The largest absolute Gasteiger partial charge is 0.361 e. The lowest BCUT2D eigenvalue weighted by atomic mass is 10.1. The first kappa shape index (κ1) is 16.0. The van der Waals surface area contributed by atoms with Crippen LogP contribution in [0.4, 0.5) is 10.5 Å². The molecule has 1 N–H and O–H groups in total. The molecule has 2 heterocycles. The lowest BCUT2D eigenvalue weighted by Gasteiger charge is -2.34. The first-order chi connectivity index (χ1) is 11.5. The van der Waals surface area contributed by atoms with Crippen LogP contribution in [0.2, 0.25) is 0 Å². The number of hydrogen-bond acceptors (Lipinski definition) is 4. The number of carbonyl (C=O) groups is 2. The number of aromatic nitrogens is 1. The molecule has 0 fully saturated rings. The van der Waals surface area contributed by atoms with Crippen molar-refractivity contribution in [2.45, 2.75) is 26.9 Å². The van der Waals surface area contributed by atoms with E-state index in [4.69, 9.17) is 4.52 Å². The van der Waals surface area contributed by atoms with E-state index in [1.807, 2.05) is 31.2 Å². The van der Waals surface area contributed by atoms with Gasteiger partial charge in [0, 0.05) is 25.7 Å². The SMILES string of the molecule is Cc1noc(C)c1CNC(=O)CN1C(=O)N(C)Cc2ccccc21. The fourth-order valence-electron chi connectivity index (χ4n) is 2.83. The number of urea groups is 1. The van der Waals surface area contributed by atoms with Gasteiger partial charge in [-0.2, -0.15) is 0 Å². The summed E-state index contributed by atoms with van der Waals surface area (Å²) in [5, 5.41) is 6.69. The molecule has 3 rings (SSSR count). The maximum atomic E-state index is 12.4. The Bertz CT molecular complexity index is 764. The highest BCUT2D eigenvalue weighted by Crippen LogP contribution is 2.27. The average Bonchev–Trinajstić information content (AvgIpc) is 2.88. The Kier molecular flexibility index (Phi) is 4.24. The van der Waals surface area contributed by atoms with Crippen LogP contribution in [0.15, 0.2) is 28.8 Å². The number of fused-ring (bicyclic) bond motifs is 1. The Morgan fingerprint density at radius 1 is 1.33 bits per heavy atom. The Morgan fingerprint density at radius 3 is 2.79 bits per heavy atom. The Labute approximate surface area is 140 Å². The van der Waals surface area contributed by atoms with Gasteiger partial charge < -0.3 is 14.7 Å². The number of aryl methyl sites for hydroxylation is 2. The first-order valence-corrected chi connectivity index (χ1v) is 7.76. The third kappa shape index (κ3) is 2.97. The third-order valence-corrected chi connectivity index (χ3v) is 4.19. The highest BCUT2D eigenvalue weighted by molar-refractivity contribution is 5.99. The molecule has 3 amide bonds. The molecule has 24 heavy (non-hydrogen) atoms. The van der Waals surface area contributed by atoms with Crippen molar-refractivity contribution in [3.05, 3.63) is 46.8 Å². The summed E-state index contributed by atoms with van der Waals surface area (Å²) in [5.74, 6) is 0.459. The Balaban J connectivity index is 1.71. The second-order valence-corrected chi connectivity index (χ2v) is 5.93. The van der Waals surface area contributed by atoms with Gasteiger partial charge in [0.15, 0.2) is 0 Å². The second kappa shape index (κ2) is 6.35. The molecule has 1 aliphatic rings. The zero-order valence-electron chi connectivity index (χ0n) is 14.0. The van der Waals surface area contributed by atoms with Crippen LogP contribution in [-0.4, -0.2) is 35.6 Å². The number of hydrogen-bond donors (Lipinski definition) is 1. The van der Waals surface area contributed by atoms with Gasteiger partial charge >= 0.3 is 6.03 Å². The summed E-state index contributed by atoms with van der Waals surface area (Å²) < 4.78 is 5.08. The molecule has 0 aliphatic carbocycles. The summed E-state index contributed by atoms with van der Waals surface area (Å²) in [6, 6.07) is 7.44. The van der Waals surface area contributed by atoms with E-state index in [0.717, 1.165) is 22.5 Å². The normalized spacial score (nSPS) is 13.9. The van der Waals surface area contributed by atoms with Gasteiger partial charge in [-0.25, -0.2) is 4.79 Å². The lowest BCUT2D eigenvalue weighted by Crippen LogP contribution is -2.49. The number of anilines is 1. The number of rotatable bonds is 4. The number of para-hydroxylation sites is 1. The van der Waals surface area contributed by atoms with E-state index in [1.54, 1.807) is 18.9 Å². The van der Waals surface area contributed by atoms with Crippen LogP contribution in [0.5, 0.6) is 0 Å². The highest BCUT2D eigenvalue weighted by atomic mass is 16.5. The van der Waals surface area contributed by atoms with Gasteiger partial charge in [-0.3, -0.25) is 9.69 Å². The van der Waals surface area contributed by atoms with Crippen molar-refractivity contribution in [2.24, 2.45) is 0 Å². The van der Waals surface area contributed by atoms with Crippen LogP contribution in [0.25, 0.3) is 0 Å². The van der Waals surface area contributed by atoms with Gasteiger partial charge in [0.1, 0.15) is 12.3 Å². The Hall–Kier alpha value is -2.83. The maximum absolute atomic E-state index is 12.4. The fourth-order valence-corrected chi connectivity index (χ4v) is 2.83. The van der Waals surface area contributed by atoms with Gasteiger partial charge in [-0.05, 0) is 25.5 Å². The zero-order valence-corrected chi connectivity index (χ0v) is 14.0. The van der Waals surface area contributed by atoms with Crippen molar-refractivity contribution >= 4 is 17.6 Å². The number of nitrogens with zero attached hydrogens (tertiary/aromatic N) is 3. The summed E-state index contributed by atoms with van der Waals surface area (Å²) in [7, 11) is 1.73. The standard InChI is InChI=1S/C17H20N4O3/c1-11-14(12(2)24-19-11)8-18-16(22)10-21-15-7-5-4-6-13(15)9-20(3)17(21)23/h4-7H,8-10H2,1-3H3,(H,18,22). The van der Waals surface area contributed by atoms with Crippen LogP contribution < -0.4 is 10.2 Å². The minimum Gasteiger partial charge on any atom is -0.361 e. The van der Waals surface area contributed by atoms with Crippen molar-refractivity contribution in [2.75, 3.05) is 18.5 Å². The quantitative estimate of drug-likeness (QED) is 0.931. The van der Waals surface area contributed by atoms with E-state index < -0.39 is 0 Å². The van der Waals surface area contributed by atoms with Crippen molar-refractivity contribution in [1.29, 1.82) is 0 Å². The second-order valence-electron chi connectivity index (χ2n) is 5.93. The molecule has 0 radical (unpaired) electrons. The molecule has 7 nitrogen and oxygen atoms in total. The maximum Gasteiger partial charge on any atom is 0.325 e. The molecule has 1 aromatic heterocycles. The van der Waals surface area contributed by atoms with Gasteiger partial charge in [-0.15, -0.1) is 0 Å². The summed E-state index contributed by atoms with van der Waals surface area (Å²) in [6.07, 6.45) is 0. The minimum absolute atomic E-state index is 0.0242. The molecule has 0 unspecified atom stereocenters. The Morgan fingerprint density at radius 2 is 2.08 bits per heavy atom. The molecule has 2 aromatic rings. The van der Waals surface area contributed by atoms with E-state index in [0.29, 0.717) is 18.8 Å². The topological polar surface area (TPSA) is 78.7 Å². The molecular formula is C17H20N4O3. The van der Waals surface area contributed by atoms with Crippen molar-refractivity contribution in [1.82, 2.24) is 15.4 Å². The van der Waals surface area contributed by atoms with E-state index in [2.05, 4.69) is 10.5 Å². The molecule has 1 aliphatic heterocycles. The van der Waals surface area contributed by atoms with Crippen LogP contribution in [-0.2, 0) is 17.9 Å². The molecule has 1 aromatic carbocycles. The van der Waals surface area contributed by atoms with Crippen LogP contribution in [0.3, 0.4) is 0 Å². The molecule has 7 heteroatoms.